The van der Waals surface area contributed by atoms with Gasteiger partial charge in [-0.15, -0.1) is 0 Å². The molecule has 2 N–H and O–H groups in total. The van der Waals surface area contributed by atoms with Gasteiger partial charge in [0, 0.05) is 24.1 Å². The number of ether oxygens (including phenoxy) is 3. The Bertz CT molecular complexity index is 560. The van der Waals surface area contributed by atoms with E-state index in [1.165, 1.54) is 0 Å². The first-order chi connectivity index (χ1) is 11.4. The van der Waals surface area contributed by atoms with Crippen molar-refractivity contribution in [2.45, 2.75) is 51.9 Å². The third-order valence-corrected chi connectivity index (χ3v) is 3.90. The zero-order valence-corrected chi connectivity index (χ0v) is 14.7. The van der Waals surface area contributed by atoms with Crippen molar-refractivity contribution < 1.29 is 24.1 Å². The molecule has 0 aromatic heterocycles. The number of aliphatic hydroxyl groups is 1. The van der Waals surface area contributed by atoms with Gasteiger partial charge in [0.15, 0.2) is 0 Å². The first-order valence-corrected chi connectivity index (χ1v) is 8.44. The summed E-state index contributed by atoms with van der Waals surface area (Å²) in [6.45, 7) is 8.68. The van der Waals surface area contributed by atoms with Gasteiger partial charge >= 0.3 is 5.97 Å². The Labute approximate surface area is 143 Å². The number of carbonyl (C=O) groups excluding carboxylic acids is 1. The van der Waals surface area contributed by atoms with E-state index in [1.807, 2.05) is 39.0 Å². The minimum atomic E-state index is -0.655. The lowest BCUT2D eigenvalue weighted by molar-refractivity contribution is -0.151. The topological polar surface area (TPSA) is 77.0 Å². The van der Waals surface area contributed by atoms with Crippen LogP contribution in [0.3, 0.4) is 0 Å². The standard InChI is InChI=1S/C18H27NO5/c1-5-22-18(21)17-12(4)16-14(7-6-8-15(16)24-17)23-10-13(20)9-19-11(2)3/h6-8,11-13,17,19-20H,5,9-10H2,1-4H3. The average molecular weight is 337 g/mol. The predicted molar refractivity (Wildman–Crippen MR) is 90.5 cm³/mol. The van der Waals surface area contributed by atoms with Gasteiger partial charge in [-0.2, -0.15) is 0 Å². The number of aliphatic hydroxyl groups excluding tert-OH is 1. The number of esters is 1. The summed E-state index contributed by atoms with van der Waals surface area (Å²) in [4.78, 5) is 12.0. The van der Waals surface area contributed by atoms with E-state index >= 15 is 0 Å². The van der Waals surface area contributed by atoms with Crippen LogP contribution in [0.2, 0.25) is 0 Å². The van der Waals surface area contributed by atoms with E-state index in [0.29, 0.717) is 30.7 Å². The molecule has 0 aliphatic carbocycles. The number of benzene rings is 1. The highest BCUT2D eigenvalue weighted by Gasteiger charge is 2.39. The fourth-order valence-corrected chi connectivity index (χ4v) is 2.68. The summed E-state index contributed by atoms with van der Waals surface area (Å²) in [6.07, 6.45) is -1.26. The third-order valence-electron chi connectivity index (χ3n) is 3.90. The van der Waals surface area contributed by atoms with Crippen molar-refractivity contribution in [2.75, 3.05) is 19.8 Å². The van der Waals surface area contributed by atoms with Crippen LogP contribution in [0.1, 0.15) is 39.2 Å². The van der Waals surface area contributed by atoms with Crippen molar-refractivity contribution >= 4 is 5.97 Å². The molecule has 0 fully saturated rings. The number of hydrogen-bond acceptors (Lipinski definition) is 6. The lowest BCUT2D eigenvalue weighted by Gasteiger charge is -2.17. The predicted octanol–water partition coefficient (Wildman–Crippen LogP) is 1.85. The van der Waals surface area contributed by atoms with Crippen molar-refractivity contribution in [1.29, 1.82) is 0 Å². The second kappa shape index (κ2) is 8.35. The molecule has 1 heterocycles. The Kier molecular flexibility index (Phi) is 6.45. The quantitative estimate of drug-likeness (QED) is 0.705. The molecule has 3 atom stereocenters. The lowest BCUT2D eigenvalue weighted by Crippen LogP contribution is -2.35. The summed E-state index contributed by atoms with van der Waals surface area (Å²) < 4.78 is 16.6. The Balaban J connectivity index is 2.03. The number of hydrogen-bond donors (Lipinski definition) is 2. The van der Waals surface area contributed by atoms with Gasteiger partial charge in [0.1, 0.15) is 24.2 Å². The molecule has 0 bridgehead atoms. The molecule has 3 unspecified atom stereocenters. The number of fused-ring (bicyclic) bond motifs is 1. The fourth-order valence-electron chi connectivity index (χ4n) is 2.68. The van der Waals surface area contributed by atoms with Crippen LogP contribution in [-0.4, -0.2) is 49.1 Å². The summed E-state index contributed by atoms with van der Waals surface area (Å²) in [7, 11) is 0. The van der Waals surface area contributed by atoms with Crippen molar-refractivity contribution in [3.63, 3.8) is 0 Å². The largest absolute Gasteiger partial charge is 0.490 e. The number of nitrogens with one attached hydrogen (secondary N) is 1. The summed E-state index contributed by atoms with van der Waals surface area (Å²) in [6, 6.07) is 5.76. The monoisotopic (exact) mass is 337 g/mol. The molecule has 6 nitrogen and oxygen atoms in total. The number of rotatable bonds is 8. The van der Waals surface area contributed by atoms with Crippen LogP contribution in [-0.2, 0) is 9.53 Å². The Morgan fingerprint density at radius 3 is 2.83 bits per heavy atom. The Morgan fingerprint density at radius 2 is 2.17 bits per heavy atom. The molecule has 0 spiro atoms. The smallest absolute Gasteiger partial charge is 0.347 e. The van der Waals surface area contributed by atoms with Crippen LogP contribution >= 0.6 is 0 Å². The van der Waals surface area contributed by atoms with Gasteiger partial charge in [0.2, 0.25) is 6.10 Å². The molecule has 6 heteroatoms. The molecule has 134 valence electrons. The minimum Gasteiger partial charge on any atom is -0.490 e. The molecule has 2 rings (SSSR count). The average Bonchev–Trinajstić information content (AvgIpc) is 2.89. The van der Waals surface area contributed by atoms with Gasteiger partial charge in [-0.25, -0.2) is 4.79 Å². The van der Waals surface area contributed by atoms with Gasteiger partial charge < -0.3 is 24.6 Å². The van der Waals surface area contributed by atoms with Gasteiger partial charge in [-0.3, -0.25) is 0 Å². The first kappa shape index (κ1) is 18.5. The summed E-state index contributed by atoms with van der Waals surface area (Å²) >= 11 is 0. The highest BCUT2D eigenvalue weighted by atomic mass is 16.6. The molecule has 1 aromatic rings. The molecule has 0 radical (unpaired) electrons. The summed E-state index contributed by atoms with van der Waals surface area (Å²) in [5.74, 6) is 0.734. The van der Waals surface area contributed by atoms with E-state index in [0.717, 1.165) is 5.56 Å². The Morgan fingerprint density at radius 1 is 1.42 bits per heavy atom. The molecule has 0 saturated carbocycles. The van der Waals surface area contributed by atoms with Crippen molar-refractivity contribution in [3.8, 4) is 11.5 Å². The lowest BCUT2D eigenvalue weighted by atomic mass is 9.96. The minimum absolute atomic E-state index is 0.166. The highest BCUT2D eigenvalue weighted by Crippen LogP contribution is 2.44. The highest BCUT2D eigenvalue weighted by molar-refractivity contribution is 5.78. The molecule has 0 amide bonds. The zero-order valence-electron chi connectivity index (χ0n) is 14.7. The number of carbonyl (C=O) groups is 1. The van der Waals surface area contributed by atoms with Crippen LogP contribution in [0, 0.1) is 0 Å². The molecule has 1 aliphatic heterocycles. The van der Waals surface area contributed by atoms with E-state index in [1.54, 1.807) is 6.92 Å². The maximum atomic E-state index is 12.0. The molecular formula is C18H27NO5. The Hall–Kier alpha value is -1.79. The van der Waals surface area contributed by atoms with Crippen molar-refractivity contribution in [2.24, 2.45) is 0 Å². The van der Waals surface area contributed by atoms with E-state index in [9.17, 15) is 9.90 Å². The van der Waals surface area contributed by atoms with Gasteiger partial charge in [0.25, 0.3) is 0 Å². The summed E-state index contributed by atoms with van der Waals surface area (Å²) in [5.41, 5.74) is 0.847. The molecule has 1 aromatic carbocycles. The van der Waals surface area contributed by atoms with Crippen molar-refractivity contribution in [3.05, 3.63) is 23.8 Å². The van der Waals surface area contributed by atoms with E-state index in [4.69, 9.17) is 14.2 Å². The zero-order chi connectivity index (χ0) is 17.7. The third kappa shape index (κ3) is 4.39. The summed E-state index contributed by atoms with van der Waals surface area (Å²) in [5, 5.41) is 13.2. The van der Waals surface area contributed by atoms with Crippen LogP contribution in [0.5, 0.6) is 11.5 Å². The second-order valence-corrected chi connectivity index (χ2v) is 6.27. The van der Waals surface area contributed by atoms with Crippen molar-refractivity contribution in [1.82, 2.24) is 5.32 Å². The molecule has 24 heavy (non-hydrogen) atoms. The van der Waals surface area contributed by atoms with Crippen LogP contribution in [0.4, 0.5) is 0 Å². The maximum Gasteiger partial charge on any atom is 0.347 e. The van der Waals surface area contributed by atoms with Gasteiger partial charge in [0.05, 0.1) is 6.61 Å². The molecule has 1 aliphatic rings. The maximum absolute atomic E-state index is 12.0. The second-order valence-electron chi connectivity index (χ2n) is 6.27. The fraction of sp³-hybridized carbons (Fsp3) is 0.611. The van der Waals surface area contributed by atoms with Crippen LogP contribution in [0.25, 0.3) is 0 Å². The van der Waals surface area contributed by atoms with E-state index in [2.05, 4.69) is 5.32 Å². The van der Waals surface area contributed by atoms with Gasteiger partial charge in [-0.05, 0) is 19.1 Å². The normalized spacial score (nSPS) is 20.4. The molecule has 0 saturated heterocycles. The van der Waals surface area contributed by atoms with Crippen LogP contribution < -0.4 is 14.8 Å². The first-order valence-electron chi connectivity index (χ1n) is 8.44. The van der Waals surface area contributed by atoms with Gasteiger partial charge in [-0.1, -0.05) is 26.8 Å². The molecular weight excluding hydrogens is 310 g/mol. The van der Waals surface area contributed by atoms with E-state index < -0.39 is 12.2 Å². The SMILES string of the molecule is CCOC(=O)C1Oc2cccc(OCC(O)CNC(C)C)c2C1C. The van der Waals surface area contributed by atoms with E-state index in [-0.39, 0.29) is 18.5 Å². The van der Waals surface area contributed by atoms with Crippen LogP contribution in [0.15, 0.2) is 18.2 Å².